The van der Waals surface area contributed by atoms with Crippen molar-refractivity contribution in [3.63, 3.8) is 0 Å². The summed E-state index contributed by atoms with van der Waals surface area (Å²) in [6, 6.07) is 18.1. The van der Waals surface area contributed by atoms with E-state index >= 15 is 0 Å². The van der Waals surface area contributed by atoms with Gasteiger partial charge in [-0.3, -0.25) is 4.99 Å². The molecule has 6 nitrogen and oxygen atoms in total. The molecule has 0 aliphatic heterocycles. The Kier molecular flexibility index (Phi) is 5.10. The molecule has 0 radical (unpaired) electrons. The van der Waals surface area contributed by atoms with E-state index in [0.29, 0.717) is 19.0 Å². The van der Waals surface area contributed by atoms with Crippen molar-refractivity contribution in [3.8, 4) is 5.69 Å². The van der Waals surface area contributed by atoms with Crippen LogP contribution in [0.25, 0.3) is 16.7 Å². The van der Waals surface area contributed by atoms with E-state index in [-0.39, 0.29) is 0 Å². The van der Waals surface area contributed by atoms with Crippen LogP contribution in [0.2, 0.25) is 0 Å². The van der Waals surface area contributed by atoms with Crippen LogP contribution < -0.4 is 10.6 Å². The average Bonchev–Trinajstić information content (AvgIpc) is 3.34. The summed E-state index contributed by atoms with van der Waals surface area (Å²) in [4.78, 5) is 4.29. The van der Waals surface area contributed by atoms with E-state index in [9.17, 15) is 0 Å². The maximum atomic E-state index is 5.95. The van der Waals surface area contributed by atoms with Gasteiger partial charge in [-0.1, -0.05) is 36.4 Å². The van der Waals surface area contributed by atoms with Crippen molar-refractivity contribution >= 4 is 16.9 Å². The maximum absolute atomic E-state index is 5.95. The number of guanidine groups is 1. The lowest BCUT2D eigenvalue weighted by molar-refractivity contribution is 0.534. The van der Waals surface area contributed by atoms with Crippen molar-refractivity contribution in [2.75, 3.05) is 7.05 Å². The van der Waals surface area contributed by atoms with E-state index in [2.05, 4.69) is 33.7 Å². The third-order valence-electron chi connectivity index (χ3n) is 4.70. The molecule has 4 aromatic rings. The van der Waals surface area contributed by atoms with Crippen molar-refractivity contribution in [1.82, 2.24) is 20.4 Å². The third kappa shape index (κ3) is 3.76. The predicted molar refractivity (Wildman–Crippen MR) is 112 cm³/mol. The summed E-state index contributed by atoms with van der Waals surface area (Å²) in [5.41, 5.74) is 4.18. The highest BCUT2D eigenvalue weighted by Gasteiger charge is 2.10. The fourth-order valence-corrected chi connectivity index (χ4v) is 3.14. The molecule has 2 aromatic carbocycles. The minimum absolute atomic E-state index is 0.573. The number of rotatable bonds is 5. The van der Waals surface area contributed by atoms with E-state index in [1.807, 2.05) is 65.6 Å². The van der Waals surface area contributed by atoms with Gasteiger partial charge in [0.1, 0.15) is 11.3 Å². The van der Waals surface area contributed by atoms with Gasteiger partial charge in [-0.2, -0.15) is 5.10 Å². The Hall–Kier alpha value is -3.54. The summed E-state index contributed by atoms with van der Waals surface area (Å²) < 4.78 is 7.82. The SMILES string of the molecule is CN=C(NCc1cnn(-c2ccccc2)c1)NCc1oc2ccccc2c1C. The van der Waals surface area contributed by atoms with Crippen LogP contribution in [0.3, 0.4) is 0 Å². The van der Waals surface area contributed by atoms with Crippen LogP contribution in [0.1, 0.15) is 16.9 Å². The molecule has 2 heterocycles. The number of fused-ring (bicyclic) bond motifs is 1. The topological polar surface area (TPSA) is 67.4 Å². The fourth-order valence-electron chi connectivity index (χ4n) is 3.14. The first-order valence-electron chi connectivity index (χ1n) is 9.25. The summed E-state index contributed by atoms with van der Waals surface area (Å²) in [5.74, 6) is 1.63. The van der Waals surface area contributed by atoms with Crippen LogP contribution in [0.4, 0.5) is 0 Å². The smallest absolute Gasteiger partial charge is 0.191 e. The van der Waals surface area contributed by atoms with Gasteiger partial charge in [0, 0.05) is 36.3 Å². The van der Waals surface area contributed by atoms with Gasteiger partial charge >= 0.3 is 0 Å². The summed E-state index contributed by atoms with van der Waals surface area (Å²) in [6.45, 7) is 3.28. The van der Waals surface area contributed by atoms with Crippen molar-refractivity contribution in [1.29, 1.82) is 0 Å². The molecule has 0 saturated carbocycles. The molecule has 0 saturated heterocycles. The second kappa shape index (κ2) is 8.00. The summed E-state index contributed by atoms with van der Waals surface area (Å²) >= 11 is 0. The Balaban J connectivity index is 1.36. The maximum Gasteiger partial charge on any atom is 0.191 e. The number of hydrogen-bond acceptors (Lipinski definition) is 3. The second-order valence-corrected chi connectivity index (χ2v) is 6.55. The van der Waals surface area contributed by atoms with E-state index in [1.165, 1.54) is 0 Å². The van der Waals surface area contributed by atoms with Gasteiger partial charge in [-0.05, 0) is 25.1 Å². The Labute approximate surface area is 163 Å². The number of nitrogens with zero attached hydrogens (tertiary/aromatic N) is 3. The van der Waals surface area contributed by atoms with Crippen molar-refractivity contribution in [3.05, 3.63) is 83.9 Å². The van der Waals surface area contributed by atoms with Gasteiger partial charge in [-0.25, -0.2) is 4.68 Å². The molecule has 28 heavy (non-hydrogen) atoms. The van der Waals surface area contributed by atoms with Gasteiger partial charge in [0.15, 0.2) is 5.96 Å². The zero-order valence-corrected chi connectivity index (χ0v) is 16.0. The highest BCUT2D eigenvalue weighted by Crippen LogP contribution is 2.24. The number of para-hydroxylation sites is 2. The van der Waals surface area contributed by atoms with E-state index in [4.69, 9.17) is 4.42 Å². The molecule has 0 atom stereocenters. The minimum Gasteiger partial charge on any atom is -0.459 e. The summed E-state index contributed by atoms with van der Waals surface area (Å²) in [5, 5.41) is 12.2. The number of hydrogen-bond donors (Lipinski definition) is 2. The molecule has 6 heteroatoms. The van der Waals surface area contributed by atoms with Crippen molar-refractivity contribution in [2.45, 2.75) is 20.0 Å². The Morgan fingerprint density at radius 2 is 1.79 bits per heavy atom. The van der Waals surface area contributed by atoms with Crippen molar-refractivity contribution < 1.29 is 4.42 Å². The summed E-state index contributed by atoms with van der Waals surface area (Å²) in [6.07, 6.45) is 3.87. The molecule has 0 fully saturated rings. The fraction of sp³-hybridized carbons (Fsp3) is 0.182. The third-order valence-corrected chi connectivity index (χ3v) is 4.70. The largest absolute Gasteiger partial charge is 0.459 e. The second-order valence-electron chi connectivity index (χ2n) is 6.55. The standard InChI is InChI=1S/C22H23N5O/c1-16-19-10-6-7-11-20(19)28-21(16)14-25-22(23-2)24-12-17-13-26-27(15-17)18-8-4-3-5-9-18/h3-11,13,15H,12,14H2,1-2H3,(H2,23,24,25). The van der Waals surface area contributed by atoms with E-state index in [0.717, 1.165) is 33.5 Å². The van der Waals surface area contributed by atoms with Gasteiger partial charge < -0.3 is 15.1 Å². The Morgan fingerprint density at radius 1 is 1.04 bits per heavy atom. The number of aliphatic imine (C=N–C) groups is 1. The number of nitrogens with one attached hydrogen (secondary N) is 2. The number of aryl methyl sites for hydroxylation is 1. The Bertz CT molecular complexity index is 1090. The molecule has 0 aliphatic rings. The minimum atomic E-state index is 0.573. The average molecular weight is 373 g/mol. The molecule has 2 aromatic heterocycles. The lowest BCUT2D eigenvalue weighted by Crippen LogP contribution is -2.36. The van der Waals surface area contributed by atoms with Crippen LogP contribution in [0.5, 0.6) is 0 Å². The van der Waals surface area contributed by atoms with Gasteiger partial charge in [-0.15, -0.1) is 0 Å². The van der Waals surface area contributed by atoms with Gasteiger partial charge in [0.25, 0.3) is 0 Å². The first-order chi connectivity index (χ1) is 13.7. The molecule has 0 amide bonds. The van der Waals surface area contributed by atoms with Gasteiger partial charge in [0.2, 0.25) is 0 Å². The molecule has 0 spiro atoms. The molecule has 2 N–H and O–H groups in total. The Morgan fingerprint density at radius 3 is 2.57 bits per heavy atom. The highest BCUT2D eigenvalue weighted by atomic mass is 16.3. The number of furan rings is 1. The normalized spacial score (nSPS) is 11.7. The van der Waals surface area contributed by atoms with Crippen LogP contribution in [0.15, 0.2) is 76.4 Å². The molecule has 142 valence electrons. The van der Waals surface area contributed by atoms with Crippen LogP contribution in [-0.4, -0.2) is 22.8 Å². The van der Waals surface area contributed by atoms with E-state index < -0.39 is 0 Å². The van der Waals surface area contributed by atoms with Crippen LogP contribution in [0, 0.1) is 6.92 Å². The van der Waals surface area contributed by atoms with E-state index in [1.54, 1.807) is 7.05 Å². The van der Waals surface area contributed by atoms with Crippen LogP contribution in [-0.2, 0) is 13.1 Å². The zero-order valence-electron chi connectivity index (χ0n) is 16.0. The molecule has 4 rings (SSSR count). The first-order valence-corrected chi connectivity index (χ1v) is 9.25. The predicted octanol–water partition coefficient (Wildman–Crippen LogP) is 3.79. The first kappa shape index (κ1) is 17.9. The van der Waals surface area contributed by atoms with Gasteiger partial charge in [0.05, 0.1) is 18.4 Å². The number of aromatic nitrogens is 2. The van der Waals surface area contributed by atoms with Crippen LogP contribution >= 0.6 is 0 Å². The monoisotopic (exact) mass is 373 g/mol. The molecule has 0 aliphatic carbocycles. The highest BCUT2D eigenvalue weighted by molar-refractivity contribution is 5.82. The van der Waals surface area contributed by atoms with Crippen molar-refractivity contribution in [2.24, 2.45) is 4.99 Å². The zero-order chi connectivity index (χ0) is 19.3. The molecule has 0 unspecified atom stereocenters. The summed E-state index contributed by atoms with van der Waals surface area (Å²) in [7, 11) is 1.76. The lowest BCUT2D eigenvalue weighted by atomic mass is 10.1. The number of benzene rings is 2. The lowest BCUT2D eigenvalue weighted by Gasteiger charge is -2.10. The molecule has 0 bridgehead atoms. The quantitative estimate of drug-likeness (QED) is 0.413. The molecular formula is C22H23N5O. The molecular weight excluding hydrogens is 350 g/mol.